The first-order valence-corrected chi connectivity index (χ1v) is 13.1. The maximum absolute atomic E-state index is 12.5. The minimum absolute atomic E-state index is 0.0705. The van der Waals surface area contributed by atoms with E-state index in [0.717, 1.165) is 49.4 Å². The summed E-state index contributed by atoms with van der Waals surface area (Å²) < 4.78 is 11.6. The van der Waals surface area contributed by atoms with E-state index in [9.17, 15) is 4.79 Å². The Labute approximate surface area is 216 Å². The normalized spacial score (nSPS) is 10.9. The number of carbonyl (C=O) groups excluding carboxylic acids is 1. The van der Waals surface area contributed by atoms with E-state index in [1.807, 2.05) is 72.8 Å². The van der Waals surface area contributed by atoms with Gasteiger partial charge in [-0.25, -0.2) is 9.97 Å². The molecule has 0 aliphatic carbocycles. The zero-order valence-electron chi connectivity index (χ0n) is 19.8. The van der Waals surface area contributed by atoms with Gasteiger partial charge in [0.15, 0.2) is 10.3 Å². The molecule has 0 aliphatic heterocycles. The number of fused-ring (bicyclic) bond motifs is 1. The van der Waals surface area contributed by atoms with Crippen molar-refractivity contribution in [3.8, 4) is 34.0 Å². The maximum Gasteiger partial charge on any atom is 0.226 e. The van der Waals surface area contributed by atoms with Gasteiger partial charge in [-0.3, -0.25) is 4.79 Å². The van der Waals surface area contributed by atoms with Crippen molar-refractivity contribution >= 4 is 44.4 Å². The van der Waals surface area contributed by atoms with Crippen LogP contribution >= 0.6 is 23.1 Å². The molecule has 0 bridgehead atoms. The number of thiazole rings is 1. The summed E-state index contributed by atoms with van der Waals surface area (Å²) >= 11 is 2.98. The number of ether oxygens (including phenoxy) is 2. The number of nitrogens with one attached hydrogen (secondary N) is 2. The number of anilines is 1. The van der Waals surface area contributed by atoms with Crippen LogP contribution in [0.3, 0.4) is 0 Å². The average molecular weight is 517 g/mol. The quantitative estimate of drug-likeness (QED) is 0.218. The van der Waals surface area contributed by atoms with Crippen LogP contribution in [-0.4, -0.2) is 40.8 Å². The van der Waals surface area contributed by atoms with E-state index in [0.29, 0.717) is 17.3 Å². The number of rotatable bonds is 9. The minimum atomic E-state index is -0.0705. The molecule has 0 spiro atoms. The zero-order valence-corrected chi connectivity index (χ0v) is 21.4. The number of nitrogens with zero attached hydrogens (tertiary/aromatic N) is 2. The summed E-state index contributed by atoms with van der Waals surface area (Å²) in [6.07, 6.45) is 0.344. The lowest BCUT2D eigenvalue weighted by atomic mass is 10.0. The highest BCUT2D eigenvalue weighted by Gasteiger charge is 2.16. The first kappa shape index (κ1) is 23.9. The van der Waals surface area contributed by atoms with Gasteiger partial charge in [0.05, 0.1) is 35.8 Å². The van der Waals surface area contributed by atoms with Crippen molar-refractivity contribution < 1.29 is 14.3 Å². The molecule has 0 saturated carbocycles. The summed E-state index contributed by atoms with van der Waals surface area (Å²) in [5.74, 6) is 2.08. The number of para-hydroxylation sites is 1. The van der Waals surface area contributed by atoms with Gasteiger partial charge < -0.3 is 19.8 Å². The second kappa shape index (κ2) is 10.8. The molecule has 2 heterocycles. The van der Waals surface area contributed by atoms with E-state index in [4.69, 9.17) is 14.5 Å². The second-order valence-electron chi connectivity index (χ2n) is 7.86. The molecule has 0 saturated heterocycles. The fourth-order valence-electron chi connectivity index (χ4n) is 3.69. The van der Waals surface area contributed by atoms with E-state index in [2.05, 4.69) is 15.3 Å². The Bertz CT molecular complexity index is 1380. The Morgan fingerprint density at radius 2 is 1.58 bits per heavy atom. The third-order valence-corrected chi connectivity index (χ3v) is 7.36. The molecule has 0 fully saturated rings. The summed E-state index contributed by atoms with van der Waals surface area (Å²) in [6, 6.07) is 23.5. The number of aromatic amines is 1. The van der Waals surface area contributed by atoms with Crippen molar-refractivity contribution in [1.82, 2.24) is 15.0 Å². The fraction of sp³-hybridized carbons (Fsp3) is 0.148. The Kier molecular flexibility index (Phi) is 7.20. The smallest absolute Gasteiger partial charge is 0.226 e. The van der Waals surface area contributed by atoms with Crippen LogP contribution in [0.25, 0.3) is 32.7 Å². The standard InChI is InChI=1S/C27H24N4O3S2/c1-33-19-11-7-17(8-12-19)24-25(18-9-13-20(34-2)14-10-18)31-26(30-24)35-16-15-23(32)29-27-28-21-5-3-4-6-22(21)36-27/h3-14H,15-16H2,1-2H3,(H,30,31)(H,28,29,32). The van der Waals surface area contributed by atoms with Gasteiger partial charge >= 0.3 is 0 Å². The van der Waals surface area contributed by atoms with Crippen LogP contribution in [0.5, 0.6) is 11.5 Å². The van der Waals surface area contributed by atoms with Gasteiger partial charge in [0.1, 0.15) is 11.5 Å². The highest BCUT2D eigenvalue weighted by atomic mass is 32.2. The topological polar surface area (TPSA) is 89.1 Å². The highest BCUT2D eigenvalue weighted by Crippen LogP contribution is 2.34. The van der Waals surface area contributed by atoms with Crippen molar-refractivity contribution in [2.45, 2.75) is 11.6 Å². The van der Waals surface area contributed by atoms with Gasteiger partial charge in [0.25, 0.3) is 0 Å². The molecule has 2 aromatic heterocycles. The second-order valence-corrected chi connectivity index (χ2v) is 9.97. The third-order valence-electron chi connectivity index (χ3n) is 5.53. The van der Waals surface area contributed by atoms with E-state index in [1.165, 1.54) is 23.1 Å². The molecule has 9 heteroatoms. The van der Waals surface area contributed by atoms with Gasteiger partial charge in [-0.2, -0.15) is 0 Å². The van der Waals surface area contributed by atoms with Gasteiger partial charge in [-0.15, -0.1) is 0 Å². The van der Waals surface area contributed by atoms with Crippen LogP contribution in [0.4, 0.5) is 5.13 Å². The summed E-state index contributed by atoms with van der Waals surface area (Å²) in [6.45, 7) is 0. The fourth-order valence-corrected chi connectivity index (χ4v) is 5.38. The lowest BCUT2D eigenvalue weighted by Gasteiger charge is -2.06. The van der Waals surface area contributed by atoms with Gasteiger partial charge in [-0.05, 0) is 60.7 Å². The Balaban J connectivity index is 1.30. The van der Waals surface area contributed by atoms with Gasteiger partial charge in [0, 0.05) is 23.3 Å². The molecule has 0 atom stereocenters. The van der Waals surface area contributed by atoms with Crippen LogP contribution < -0.4 is 14.8 Å². The first-order valence-electron chi connectivity index (χ1n) is 11.3. The minimum Gasteiger partial charge on any atom is -0.497 e. The number of hydrogen-bond donors (Lipinski definition) is 2. The van der Waals surface area contributed by atoms with Crippen LogP contribution in [0.2, 0.25) is 0 Å². The number of imidazole rings is 1. The van der Waals surface area contributed by atoms with Crippen molar-refractivity contribution in [3.05, 3.63) is 72.8 Å². The van der Waals surface area contributed by atoms with E-state index < -0.39 is 0 Å². The number of hydrogen-bond acceptors (Lipinski definition) is 7. The summed E-state index contributed by atoms with van der Waals surface area (Å²) in [5, 5.41) is 4.28. The zero-order chi connectivity index (χ0) is 24.9. The maximum atomic E-state index is 12.5. The summed E-state index contributed by atoms with van der Waals surface area (Å²) in [5.41, 5.74) is 4.60. The predicted molar refractivity (Wildman–Crippen MR) is 146 cm³/mol. The SMILES string of the molecule is COc1ccc(-c2nc(SCCC(=O)Nc3nc4ccccc4s3)[nH]c2-c2ccc(OC)cc2)cc1. The average Bonchev–Trinajstić information content (AvgIpc) is 3.52. The van der Waals surface area contributed by atoms with Crippen LogP contribution in [-0.2, 0) is 4.79 Å². The van der Waals surface area contributed by atoms with E-state index in [1.54, 1.807) is 14.2 Å². The molecule has 182 valence electrons. The largest absolute Gasteiger partial charge is 0.497 e. The number of carbonyl (C=O) groups is 1. The molecule has 0 radical (unpaired) electrons. The molecule has 3 aromatic carbocycles. The molecular weight excluding hydrogens is 492 g/mol. The molecule has 0 aliphatic rings. The lowest BCUT2D eigenvalue weighted by Crippen LogP contribution is -2.11. The van der Waals surface area contributed by atoms with Gasteiger partial charge in [0.2, 0.25) is 5.91 Å². The molecule has 5 aromatic rings. The van der Waals surface area contributed by atoms with Crippen molar-refractivity contribution in [3.63, 3.8) is 0 Å². The number of aromatic nitrogens is 3. The monoisotopic (exact) mass is 516 g/mol. The number of benzene rings is 3. The third kappa shape index (κ3) is 5.37. The highest BCUT2D eigenvalue weighted by molar-refractivity contribution is 7.99. The molecule has 2 N–H and O–H groups in total. The Morgan fingerprint density at radius 3 is 2.25 bits per heavy atom. The molecule has 1 amide bonds. The Morgan fingerprint density at radius 1 is 0.917 bits per heavy atom. The summed E-state index contributed by atoms with van der Waals surface area (Å²) in [4.78, 5) is 25.3. The van der Waals surface area contributed by atoms with Crippen molar-refractivity contribution in [2.75, 3.05) is 25.3 Å². The molecule has 0 unspecified atom stereocenters. The molecule has 36 heavy (non-hydrogen) atoms. The molecular formula is C27H24N4O3S2. The van der Waals surface area contributed by atoms with Crippen LogP contribution in [0, 0.1) is 0 Å². The number of methoxy groups -OCH3 is 2. The van der Waals surface area contributed by atoms with Gasteiger partial charge in [-0.1, -0.05) is 35.2 Å². The Hall–Kier alpha value is -3.82. The molecule has 5 rings (SSSR count). The predicted octanol–water partition coefficient (Wildman–Crippen LogP) is 6.49. The summed E-state index contributed by atoms with van der Waals surface area (Å²) in [7, 11) is 3.30. The van der Waals surface area contributed by atoms with Crippen LogP contribution in [0.1, 0.15) is 6.42 Å². The molecule has 7 nitrogen and oxygen atoms in total. The van der Waals surface area contributed by atoms with Crippen molar-refractivity contribution in [2.24, 2.45) is 0 Å². The number of H-pyrrole nitrogens is 1. The number of amides is 1. The van der Waals surface area contributed by atoms with E-state index in [-0.39, 0.29) is 5.91 Å². The first-order chi connectivity index (χ1) is 17.6. The number of thioether (sulfide) groups is 1. The van der Waals surface area contributed by atoms with E-state index >= 15 is 0 Å². The lowest BCUT2D eigenvalue weighted by molar-refractivity contribution is -0.115. The van der Waals surface area contributed by atoms with Crippen LogP contribution in [0.15, 0.2) is 78.0 Å². The van der Waals surface area contributed by atoms with Crippen molar-refractivity contribution in [1.29, 1.82) is 0 Å².